The molecule has 0 aliphatic heterocycles. The Morgan fingerprint density at radius 3 is 2.57 bits per heavy atom. The maximum atomic E-state index is 12.4. The lowest BCUT2D eigenvalue weighted by atomic mass is 10.1. The normalized spacial score (nSPS) is 11.8. The zero-order chi connectivity index (χ0) is 15.0. The van der Waals surface area contributed by atoms with Crippen LogP contribution in [0.4, 0.5) is 13.2 Å². The van der Waals surface area contributed by atoms with Crippen LogP contribution in [0.5, 0.6) is 0 Å². The Hall–Kier alpha value is -2.21. The van der Waals surface area contributed by atoms with E-state index >= 15 is 0 Å². The quantitative estimate of drug-likeness (QED) is 0.642. The minimum absolute atomic E-state index is 0.314. The summed E-state index contributed by atoms with van der Waals surface area (Å²) in [4.78, 5) is 15.8. The third-order valence-corrected chi connectivity index (χ3v) is 4.10. The van der Waals surface area contributed by atoms with Crippen molar-refractivity contribution in [2.75, 3.05) is 0 Å². The Kier molecular flexibility index (Phi) is 3.25. The summed E-state index contributed by atoms with van der Waals surface area (Å²) in [5.74, 6) is -1.81. The molecule has 0 saturated carbocycles. The summed E-state index contributed by atoms with van der Waals surface area (Å²) < 4.78 is 37.3. The molecule has 0 N–H and O–H groups in total. The molecule has 106 valence electrons. The van der Waals surface area contributed by atoms with Crippen LogP contribution in [0.2, 0.25) is 0 Å². The first-order valence-electron chi connectivity index (χ1n) is 6.02. The van der Waals surface area contributed by atoms with E-state index in [9.17, 15) is 18.0 Å². The lowest BCUT2D eigenvalue weighted by Gasteiger charge is -2.03. The van der Waals surface area contributed by atoms with Crippen LogP contribution in [0.1, 0.15) is 9.67 Å². The smallest absolute Gasteiger partial charge is 0.283 e. The summed E-state index contributed by atoms with van der Waals surface area (Å²) in [5, 5.41) is 0.895. The van der Waals surface area contributed by atoms with Crippen molar-refractivity contribution in [3.63, 3.8) is 0 Å². The zero-order valence-corrected chi connectivity index (χ0v) is 11.3. The number of rotatable bonds is 2. The monoisotopic (exact) mass is 307 g/mol. The van der Waals surface area contributed by atoms with Crippen LogP contribution in [-0.4, -0.2) is 16.9 Å². The predicted molar refractivity (Wildman–Crippen MR) is 75.4 cm³/mol. The molecule has 3 rings (SSSR count). The molecule has 0 amide bonds. The van der Waals surface area contributed by atoms with Gasteiger partial charge in [-0.3, -0.25) is 9.78 Å². The topological polar surface area (TPSA) is 30.0 Å². The highest BCUT2D eigenvalue weighted by molar-refractivity contribution is 7.17. The Morgan fingerprint density at radius 2 is 1.81 bits per heavy atom. The molecule has 0 unspecified atom stereocenters. The van der Waals surface area contributed by atoms with Gasteiger partial charge in [0.15, 0.2) is 0 Å². The minimum atomic E-state index is -4.85. The van der Waals surface area contributed by atoms with E-state index in [2.05, 4.69) is 4.98 Å². The van der Waals surface area contributed by atoms with Gasteiger partial charge in [-0.15, -0.1) is 11.3 Å². The van der Waals surface area contributed by atoms with Gasteiger partial charge in [-0.1, -0.05) is 24.3 Å². The number of nitrogens with zero attached hydrogens (tertiary/aromatic N) is 1. The number of carbonyl (C=O) groups excluding carboxylic acids is 1. The molecule has 0 aliphatic rings. The van der Waals surface area contributed by atoms with Crippen molar-refractivity contribution in [1.29, 1.82) is 0 Å². The summed E-state index contributed by atoms with van der Waals surface area (Å²) in [6.07, 6.45) is -3.22. The fourth-order valence-corrected chi connectivity index (χ4v) is 3.04. The van der Waals surface area contributed by atoms with Crippen LogP contribution in [0.15, 0.2) is 48.7 Å². The lowest BCUT2D eigenvalue weighted by Crippen LogP contribution is -2.21. The van der Waals surface area contributed by atoms with Crippen LogP contribution in [0.25, 0.3) is 21.3 Å². The molecule has 0 bridgehead atoms. The maximum absolute atomic E-state index is 12.4. The van der Waals surface area contributed by atoms with Crippen LogP contribution in [0, 0.1) is 0 Å². The van der Waals surface area contributed by atoms with E-state index in [-0.39, 0.29) is 4.88 Å². The molecule has 6 heteroatoms. The Labute approximate surface area is 121 Å². The molecule has 2 nitrogen and oxygen atoms in total. The number of benzene rings is 1. The molecular weight excluding hydrogens is 299 g/mol. The van der Waals surface area contributed by atoms with Crippen molar-refractivity contribution < 1.29 is 18.0 Å². The van der Waals surface area contributed by atoms with E-state index in [4.69, 9.17) is 0 Å². The molecule has 21 heavy (non-hydrogen) atoms. The number of Topliss-reactive ketones (excluding diaryl/α,β-unsaturated/α-hetero) is 1. The van der Waals surface area contributed by atoms with E-state index in [0.29, 0.717) is 10.4 Å². The van der Waals surface area contributed by atoms with E-state index < -0.39 is 12.0 Å². The SMILES string of the molecule is O=C(c1ccc(-c2cccc3cccnc23)s1)C(F)(F)F. The Balaban J connectivity index is 2.09. The summed E-state index contributed by atoms with van der Waals surface area (Å²) in [7, 11) is 0. The molecule has 0 spiro atoms. The summed E-state index contributed by atoms with van der Waals surface area (Å²) in [6, 6.07) is 11.9. The number of halogens is 3. The summed E-state index contributed by atoms with van der Waals surface area (Å²) in [5.41, 5.74) is 1.42. The number of aromatic nitrogens is 1. The highest BCUT2D eigenvalue weighted by Crippen LogP contribution is 2.34. The van der Waals surface area contributed by atoms with Crippen molar-refractivity contribution in [2.24, 2.45) is 0 Å². The lowest BCUT2D eigenvalue weighted by molar-refractivity contribution is -0.0882. The number of ketones is 1. The third-order valence-electron chi connectivity index (χ3n) is 2.99. The summed E-state index contributed by atoms with van der Waals surface area (Å²) in [6.45, 7) is 0. The third kappa shape index (κ3) is 2.54. The molecule has 2 heterocycles. The van der Waals surface area contributed by atoms with Crippen molar-refractivity contribution in [2.45, 2.75) is 6.18 Å². The van der Waals surface area contributed by atoms with Crippen molar-refractivity contribution >= 4 is 28.0 Å². The first kappa shape index (κ1) is 13.8. The molecule has 0 saturated heterocycles. The van der Waals surface area contributed by atoms with Gasteiger partial charge < -0.3 is 0 Å². The van der Waals surface area contributed by atoms with Gasteiger partial charge in [-0.05, 0) is 18.2 Å². The Morgan fingerprint density at radius 1 is 1.05 bits per heavy atom. The number of hydrogen-bond acceptors (Lipinski definition) is 3. The van der Waals surface area contributed by atoms with Crippen LogP contribution >= 0.6 is 11.3 Å². The van der Waals surface area contributed by atoms with Crippen molar-refractivity contribution in [3.8, 4) is 10.4 Å². The van der Waals surface area contributed by atoms with Crippen LogP contribution in [0.3, 0.4) is 0 Å². The van der Waals surface area contributed by atoms with Gasteiger partial charge in [0, 0.05) is 22.0 Å². The predicted octanol–water partition coefficient (Wildman–Crippen LogP) is 4.71. The van der Waals surface area contributed by atoms with E-state index in [1.165, 1.54) is 12.1 Å². The molecule has 0 aliphatic carbocycles. The first-order chi connectivity index (χ1) is 9.97. The number of carbonyl (C=O) groups is 1. The minimum Gasteiger partial charge on any atom is -0.283 e. The zero-order valence-electron chi connectivity index (χ0n) is 10.5. The van der Waals surface area contributed by atoms with Gasteiger partial charge in [0.25, 0.3) is 5.78 Å². The second-order valence-corrected chi connectivity index (χ2v) is 5.46. The fraction of sp³-hybridized carbons (Fsp3) is 0.0667. The van der Waals surface area contributed by atoms with Gasteiger partial charge in [-0.25, -0.2) is 0 Å². The van der Waals surface area contributed by atoms with Gasteiger partial charge in [0.2, 0.25) is 0 Å². The summed E-state index contributed by atoms with van der Waals surface area (Å²) >= 11 is 0.826. The number of pyridine rings is 1. The molecule has 1 aromatic carbocycles. The molecule has 2 aromatic heterocycles. The van der Waals surface area contributed by atoms with Gasteiger partial charge >= 0.3 is 6.18 Å². The average molecular weight is 307 g/mol. The largest absolute Gasteiger partial charge is 0.455 e. The van der Waals surface area contributed by atoms with Gasteiger partial charge in [-0.2, -0.15) is 13.2 Å². The van der Waals surface area contributed by atoms with Crippen LogP contribution < -0.4 is 0 Å². The van der Waals surface area contributed by atoms with Crippen molar-refractivity contribution in [1.82, 2.24) is 4.98 Å². The second-order valence-electron chi connectivity index (χ2n) is 4.37. The highest BCUT2D eigenvalue weighted by atomic mass is 32.1. The number of hydrogen-bond donors (Lipinski definition) is 0. The fourth-order valence-electron chi connectivity index (χ4n) is 2.05. The Bertz CT molecular complexity index is 818. The average Bonchev–Trinajstić information content (AvgIpc) is 2.94. The van der Waals surface area contributed by atoms with Crippen LogP contribution in [-0.2, 0) is 0 Å². The number of alkyl halides is 3. The standard InChI is InChI=1S/C15H8F3NOS/c16-15(17,18)14(20)12-7-6-11(21-12)10-5-1-3-9-4-2-8-19-13(9)10/h1-8H. The van der Waals surface area contributed by atoms with Gasteiger partial charge in [0.1, 0.15) is 0 Å². The van der Waals surface area contributed by atoms with Gasteiger partial charge in [0.05, 0.1) is 10.4 Å². The highest BCUT2D eigenvalue weighted by Gasteiger charge is 2.40. The molecule has 0 atom stereocenters. The molecule has 3 aromatic rings. The molecule has 0 fully saturated rings. The van der Waals surface area contributed by atoms with E-state index in [1.54, 1.807) is 18.3 Å². The number of fused-ring (bicyclic) bond motifs is 1. The number of para-hydroxylation sites is 1. The number of thiophene rings is 1. The van der Waals surface area contributed by atoms with Crippen molar-refractivity contribution in [3.05, 3.63) is 53.5 Å². The van der Waals surface area contributed by atoms with E-state index in [1.807, 2.05) is 18.2 Å². The molecular formula is C15H8F3NOS. The first-order valence-corrected chi connectivity index (χ1v) is 6.84. The van der Waals surface area contributed by atoms with E-state index in [0.717, 1.165) is 22.3 Å². The maximum Gasteiger partial charge on any atom is 0.455 e. The second kappa shape index (κ2) is 4.96. The molecule has 0 radical (unpaired) electrons.